The Morgan fingerprint density at radius 2 is 1.75 bits per heavy atom. The van der Waals surface area contributed by atoms with Gasteiger partial charge in [-0.2, -0.15) is 0 Å². The molecule has 0 spiro atoms. The molecule has 0 aliphatic carbocycles. The molecule has 7 heteroatoms. The largest absolute Gasteiger partial charge is 0.495 e. The van der Waals surface area contributed by atoms with Crippen LogP contribution in [0.25, 0.3) is 33.3 Å². The molecule has 1 amide bonds. The number of aromatic nitrogens is 2. The molecule has 0 radical (unpaired) electrons. The van der Waals surface area contributed by atoms with Crippen LogP contribution in [0.3, 0.4) is 0 Å². The number of rotatable bonds is 4. The lowest BCUT2D eigenvalue weighted by molar-refractivity contribution is 0.102. The van der Waals surface area contributed by atoms with E-state index in [4.69, 9.17) is 9.15 Å². The Morgan fingerprint density at radius 1 is 0.969 bits per heavy atom. The maximum absolute atomic E-state index is 12.9. The van der Waals surface area contributed by atoms with Gasteiger partial charge < -0.3 is 14.5 Å². The Kier molecular flexibility index (Phi) is 4.84. The van der Waals surface area contributed by atoms with E-state index < -0.39 is 11.5 Å². The smallest absolute Gasteiger partial charge is 0.349 e. The highest BCUT2D eigenvalue weighted by Crippen LogP contribution is 2.30. The Bertz CT molecular complexity index is 1540. The second kappa shape index (κ2) is 7.96. The number of carbonyl (C=O) groups is 1. The summed E-state index contributed by atoms with van der Waals surface area (Å²) >= 11 is 0. The first-order chi connectivity index (χ1) is 15.6. The summed E-state index contributed by atoms with van der Waals surface area (Å²) in [7, 11) is 1.50. The molecule has 2 aromatic heterocycles. The van der Waals surface area contributed by atoms with Gasteiger partial charge in [0.2, 0.25) is 0 Å². The number of nitrogens with zero attached hydrogens (tertiary/aromatic N) is 2. The van der Waals surface area contributed by atoms with Crippen molar-refractivity contribution in [3.8, 4) is 17.0 Å². The van der Waals surface area contributed by atoms with Crippen LogP contribution in [0.1, 0.15) is 10.4 Å². The molecule has 0 bridgehead atoms. The number of methoxy groups -OCH3 is 1. The van der Waals surface area contributed by atoms with Crippen molar-refractivity contribution in [1.82, 2.24) is 9.97 Å². The summed E-state index contributed by atoms with van der Waals surface area (Å²) in [6.45, 7) is 0. The van der Waals surface area contributed by atoms with Gasteiger partial charge in [0.05, 0.1) is 35.7 Å². The molecular weight excluding hydrogens is 406 g/mol. The summed E-state index contributed by atoms with van der Waals surface area (Å²) < 4.78 is 10.7. The van der Waals surface area contributed by atoms with Gasteiger partial charge in [0.15, 0.2) is 0 Å². The quantitative estimate of drug-likeness (QED) is 0.423. The van der Waals surface area contributed by atoms with Crippen molar-refractivity contribution >= 4 is 33.6 Å². The van der Waals surface area contributed by atoms with E-state index in [9.17, 15) is 9.59 Å². The molecule has 0 saturated heterocycles. The first-order valence-electron chi connectivity index (χ1n) is 9.87. The highest BCUT2D eigenvalue weighted by Gasteiger charge is 2.17. The molecular formula is C25H17N3O4. The number of para-hydroxylation sites is 3. The number of carbonyl (C=O) groups excluding carboxylic acids is 1. The highest BCUT2D eigenvalue weighted by molar-refractivity contribution is 6.06. The second-order valence-corrected chi connectivity index (χ2v) is 7.10. The summed E-state index contributed by atoms with van der Waals surface area (Å²) in [6.07, 6.45) is 1.67. The van der Waals surface area contributed by atoms with Gasteiger partial charge >= 0.3 is 5.63 Å². The number of ether oxygens (including phenoxy) is 1. The summed E-state index contributed by atoms with van der Waals surface area (Å²) in [5, 5.41) is 3.42. The van der Waals surface area contributed by atoms with E-state index >= 15 is 0 Å². The van der Waals surface area contributed by atoms with Crippen LogP contribution in [0.4, 0.5) is 5.69 Å². The third-order valence-corrected chi connectivity index (χ3v) is 5.08. The fourth-order valence-corrected chi connectivity index (χ4v) is 3.47. The number of fused-ring (bicyclic) bond motifs is 2. The summed E-state index contributed by atoms with van der Waals surface area (Å²) in [4.78, 5) is 34.4. The van der Waals surface area contributed by atoms with Gasteiger partial charge in [-0.3, -0.25) is 9.78 Å². The topological polar surface area (TPSA) is 94.3 Å². The number of amides is 1. The average Bonchev–Trinajstić information content (AvgIpc) is 2.83. The van der Waals surface area contributed by atoms with Crippen molar-refractivity contribution in [1.29, 1.82) is 0 Å². The molecule has 0 saturated carbocycles. The van der Waals surface area contributed by atoms with Crippen LogP contribution in [-0.4, -0.2) is 23.0 Å². The van der Waals surface area contributed by atoms with Gasteiger partial charge in [0.1, 0.15) is 16.9 Å². The minimum absolute atomic E-state index is 0.0957. The second-order valence-electron chi connectivity index (χ2n) is 7.10. The van der Waals surface area contributed by atoms with Crippen LogP contribution in [0, 0.1) is 0 Å². The normalized spacial score (nSPS) is 10.9. The summed E-state index contributed by atoms with van der Waals surface area (Å²) in [6, 6.07) is 21.4. The van der Waals surface area contributed by atoms with Gasteiger partial charge in [0, 0.05) is 10.9 Å². The summed E-state index contributed by atoms with van der Waals surface area (Å²) in [5.74, 6) is -0.148. The van der Waals surface area contributed by atoms with Crippen LogP contribution < -0.4 is 15.7 Å². The molecule has 1 N–H and O–H groups in total. The van der Waals surface area contributed by atoms with Crippen molar-refractivity contribution < 1.29 is 13.9 Å². The fraction of sp³-hybridized carbons (Fsp3) is 0.0400. The van der Waals surface area contributed by atoms with Crippen molar-refractivity contribution in [2.45, 2.75) is 0 Å². The highest BCUT2D eigenvalue weighted by atomic mass is 16.5. The van der Waals surface area contributed by atoms with Crippen molar-refractivity contribution in [3.05, 3.63) is 95.0 Å². The van der Waals surface area contributed by atoms with E-state index in [1.165, 1.54) is 13.2 Å². The molecule has 0 atom stereocenters. The van der Waals surface area contributed by atoms with Gasteiger partial charge in [0.25, 0.3) is 5.91 Å². The van der Waals surface area contributed by atoms with E-state index in [0.717, 1.165) is 16.6 Å². The molecule has 5 rings (SSSR count). The zero-order chi connectivity index (χ0) is 22.1. The van der Waals surface area contributed by atoms with E-state index in [1.54, 1.807) is 42.6 Å². The lowest BCUT2D eigenvalue weighted by atomic mass is 10.1. The first-order valence-corrected chi connectivity index (χ1v) is 9.87. The third kappa shape index (κ3) is 3.56. The number of anilines is 1. The van der Waals surface area contributed by atoms with Crippen molar-refractivity contribution in [3.63, 3.8) is 0 Å². The first kappa shape index (κ1) is 19.4. The summed E-state index contributed by atoms with van der Waals surface area (Å²) in [5.41, 5.74) is 2.96. The lowest BCUT2D eigenvalue weighted by Gasteiger charge is -2.12. The van der Waals surface area contributed by atoms with E-state index in [0.29, 0.717) is 28.1 Å². The van der Waals surface area contributed by atoms with Gasteiger partial charge in [-0.05, 0) is 42.5 Å². The SMILES string of the molecule is COc1ccc(-c2cnc3ccccc3n2)cc1NC(=O)c1cc2ccccc2oc1=O. The van der Waals surface area contributed by atoms with Crippen LogP contribution in [0.5, 0.6) is 5.75 Å². The van der Waals surface area contributed by atoms with Crippen molar-refractivity contribution in [2.24, 2.45) is 0 Å². The maximum atomic E-state index is 12.9. The average molecular weight is 423 g/mol. The van der Waals surface area contributed by atoms with Crippen LogP contribution in [0.2, 0.25) is 0 Å². The van der Waals surface area contributed by atoms with Gasteiger partial charge in [-0.15, -0.1) is 0 Å². The lowest BCUT2D eigenvalue weighted by Crippen LogP contribution is -2.21. The number of hydrogen-bond acceptors (Lipinski definition) is 6. The minimum atomic E-state index is -0.711. The standard InChI is InChI=1S/C25H17N3O4/c1-31-23-11-10-15(21-14-26-18-7-3-4-8-19(18)27-21)13-20(23)28-24(29)17-12-16-6-2-5-9-22(16)32-25(17)30/h2-14H,1H3,(H,28,29). The molecule has 0 unspecified atom stereocenters. The zero-order valence-electron chi connectivity index (χ0n) is 17.0. The number of benzene rings is 3. The Labute approximate surface area is 182 Å². The molecule has 2 heterocycles. The van der Waals surface area contributed by atoms with E-state index in [-0.39, 0.29) is 5.56 Å². The number of hydrogen-bond donors (Lipinski definition) is 1. The molecule has 0 aliphatic heterocycles. The third-order valence-electron chi connectivity index (χ3n) is 5.08. The molecule has 156 valence electrons. The van der Waals surface area contributed by atoms with Crippen LogP contribution >= 0.6 is 0 Å². The molecule has 0 aliphatic rings. The molecule has 32 heavy (non-hydrogen) atoms. The van der Waals surface area contributed by atoms with Crippen molar-refractivity contribution in [2.75, 3.05) is 12.4 Å². The predicted molar refractivity (Wildman–Crippen MR) is 122 cm³/mol. The Hall–Kier alpha value is -4.52. The van der Waals surface area contributed by atoms with E-state index in [1.807, 2.05) is 30.3 Å². The van der Waals surface area contributed by atoms with Crippen LogP contribution in [0.15, 0.2) is 88.2 Å². The number of nitrogens with one attached hydrogen (secondary N) is 1. The Morgan fingerprint density at radius 3 is 2.59 bits per heavy atom. The molecule has 5 aromatic rings. The monoisotopic (exact) mass is 423 g/mol. The maximum Gasteiger partial charge on any atom is 0.349 e. The molecule has 0 fully saturated rings. The molecule has 7 nitrogen and oxygen atoms in total. The Balaban J connectivity index is 1.52. The van der Waals surface area contributed by atoms with E-state index in [2.05, 4.69) is 15.3 Å². The van der Waals surface area contributed by atoms with Gasteiger partial charge in [-0.25, -0.2) is 9.78 Å². The molecule has 3 aromatic carbocycles. The zero-order valence-corrected chi connectivity index (χ0v) is 17.0. The van der Waals surface area contributed by atoms with Crippen LogP contribution in [-0.2, 0) is 0 Å². The van der Waals surface area contributed by atoms with Gasteiger partial charge in [-0.1, -0.05) is 30.3 Å². The fourth-order valence-electron chi connectivity index (χ4n) is 3.47. The predicted octanol–water partition coefficient (Wildman–Crippen LogP) is 4.66. The minimum Gasteiger partial charge on any atom is -0.495 e.